The van der Waals surface area contributed by atoms with Gasteiger partial charge in [-0.3, -0.25) is 14.9 Å². The van der Waals surface area contributed by atoms with Crippen LogP contribution in [0.15, 0.2) is 52.2 Å². The first-order chi connectivity index (χ1) is 14.8. The highest BCUT2D eigenvalue weighted by Crippen LogP contribution is 2.14. The number of nitrogens with one attached hydrogen (secondary N) is 2. The van der Waals surface area contributed by atoms with Gasteiger partial charge < -0.3 is 19.8 Å². The summed E-state index contributed by atoms with van der Waals surface area (Å²) in [6.07, 6.45) is 7.77. The largest absolute Gasteiger partial charge is 0.469 e. The molecule has 0 radical (unpaired) electrons. The molecule has 0 amide bonds. The summed E-state index contributed by atoms with van der Waals surface area (Å²) in [7, 11) is 0. The molecule has 2 aliphatic rings. The van der Waals surface area contributed by atoms with E-state index in [2.05, 4.69) is 32.7 Å². The van der Waals surface area contributed by atoms with E-state index in [1.54, 1.807) is 6.26 Å². The first-order valence-electron chi connectivity index (χ1n) is 11.1. The monoisotopic (exact) mass is 539 g/mol. The van der Waals surface area contributed by atoms with E-state index in [1.807, 2.05) is 24.4 Å². The molecular weight excluding hydrogens is 505 g/mol. The summed E-state index contributed by atoms with van der Waals surface area (Å²) in [5, 5.41) is 7.16. The molecule has 1 unspecified atom stereocenters. The van der Waals surface area contributed by atoms with Gasteiger partial charge >= 0.3 is 0 Å². The molecule has 1 atom stereocenters. The van der Waals surface area contributed by atoms with Crippen LogP contribution in [-0.4, -0.2) is 61.3 Å². The zero-order valence-electron chi connectivity index (χ0n) is 18.0. The van der Waals surface area contributed by atoms with Crippen LogP contribution in [0.25, 0.3) is 0 Å². The molecule has 2 saturated heterocycles. The fourth-order valence-corrected chi connectivity index (χ4v) is 4.01. The maximum Gasteiger partial charge on any atom is 0.191 e. The SMILES string of the molecule is I.c1ccc(CN2CCC(NC(=NCC3CCOC3)NCCc3ccco3)CC2)nc1. The number of nitrogens with zero attached hydrogens (tertiary/aromatic N) is 3. The van der Waals surface area contributed by atoms with Gasteiger partial charge in [0.2, 0.25) is 0 Å². The lowest BCUT2D eigenvalue weighted by atomic mass is 10.0. The number of halogens is 1. The van der Waals surface area contributed by atoms with Gasteiger partial charge in [-0.2, -0.15) is 0 Å². The van der Waals surface area contributed by atoms with Gasteiger partial charge in [0.15, 0.2) is 5.96 Å². The second kappa shape index (κ2) is 13.0. The van der Waals surface area contributed by atoms with Crippen molar-refractivity contribution in [2.24, 2.45) is 10.9 Å². The van der Waals surface area contributed by atoms with E-state index in [4.69, 9.17) is 14.1 Å². The first-order valence-corrected chi connectivity index (χ1v) is 11.1. The number of piperidine rings is 1. The van der Waals surface area contributed by atoms with Gasteiger partial charge in [-0.1, -0.05) is 6.07 Å². The van der Waals surface area contributed by atoms with Crippen LogP contribution in [0.1, 0.15) is 30.7 Å². The van der Waals surface area contributed by atoms with Crippen molar-refractivity contribution in [3.05, 3.63) is 54.2 Å². The third-order valence-electron chi connectivity index (χ3n) is 5.82. The van der Waals surface area contributed by atoms with Crippen molar-refractivity contribution >= 4 is 29.9 Å². The Kier molecular flexibility index (Phi) is 10.1. The molecular formula is C23H34IN5O2. The third-order valence-corrected chi connectivity index (χ3v) is 5.82. The van der Waals surface area contributed by atoms with Crippen LogP contribution in [0.2, 0.25) is 0 Å². The fraction of sp³-hybridized carbons (Fsp3) is 0.565. The highest BCUT2D eigenvalue weighted by atomic mass is 127. The lowest BCUT2D eigenvalue weighted by Crippen LogP contribution is -2.49. The first kappa shape index (κ1) is 24.0. The van der Waals surface area contributed by atoms with Crippen molar-refractivity contribution in [3.8, 4) is 0 Å². The van der Waals surface area contributed by atoms with Crippen molar-refractivity contribution in [3.63, 3.8) is 0 Å². The van der Waals surface area contributed by atoms with Crippen LogP contribution in [-0.2, 0) is 17.7 Å². The molecule has 0 bridgehead atoms. The van der Waals surface area contributed by atoms with Crippen molar-refractivity contribution in [2.45, 2.75) is 38.3 Å². The van der Waals surface area contributed by atoms with Crippen LogP contribution in [0.5, 0.6) is 0 Å². The molecule has 2 aromatic heterocycles. The number of likely N-dealkylation sites (tertiary alicyclic amines) is 1. The number of hydrogen-bond donors (Lipinski definition) is 2. The van der Waals surface area contributed by atoms with Crippen LogP contribution >= 0.6 is 24.0 Å². The maximum absolute atomic E-state index is 5.50. The molecule has 2 N–H and O–H groups in total. The van der Waals surface area contributed by atoms with Crippen LogP contribution in [0.4, 0.5) is 0 Å². The average molecular weight is 539 g/mol. The predicted octanol–water partition coefficient (Wildman–Crippen LogP) is 3.07. The van der Waals surface area contributed by atoms with Crippen molar-refractivity contribution in [1.29, 1.82) is 0 Å². The van der Waals surface area contributed by atoms with Gasteiger partial charge in [0.1, 0.15) is 5.76 Å². The van der Waals surface area contributed by atoms with Crippen molar-refractivity contribution < 1.29 is 9.15 Å². The van der Waals surface area contributed by atoms with Gasteiger partial charge in [0.25, 0.3) is 0 Å². The quantitative estimate of drug-likeness (QED) is 0.305. The standard InChI is InChI=1S/C23H33N5O2.HI/c1-2-10-24-21(4-1)17-28-12-7-20(8-13-28)27-23(26-16-19-9-15-29-18-19)25-11-6-22-5-3-14-30-22;/h1-5,10,14,19-20H,6-9,11-13,15-18H2,(H2,25,26,27);1H. The van der Waals surface area contributed by atoms with Crippen LogP contribution in [0.3, 0.4) is 0 Å². The second-order valence-electron chi connectivity index (χ2n) is 8.19. The fourth-order valence-electron chi connectivity index (χ4n) is 4.01. The average Bonchev–Trinajstić information content (AvgIpc) is 3.48. The number of aliphatic imine (C=N–C) groups is 1. The molecule has 0 aromatic carbocycles. The Hall–Kier alpha value is -1.65. The highest BCUT2D eigenvalue weighted by molar-refractivity contribution is 14.0. The zero-order valence-corrected chi connectivity index (χ0v) is 20.4. The molecule has 8 heteroatoms. The smallest absolute Gasteiger partial charge is 0.191 e. The van der Waals surface area contributed by atoms with E-state index in [0.29, 0.717) is 12.0 Å². The summed E-state index contributed by atoms with van der Waals surface area (Å²) in [6, 6.07) is 10.5. The number of aromatic nitrogens is 1. The summed E-state index contributed by atoms with van der Waals surface area (Å²) in [6.45, 7) is 6.39. The molecule has 7 nitrogen and oxygen atoms in total. The lowest BCUT2D eigenvalue weighted by molar-refractivity contribution is 0.187. The highest BCUT2D eigenvalue weighted by Gasteiger charge is 2.21. The minimum Gasteiger partial charge on any atom is -0.469 e. The number of rotatable bonds is 8. The Morgan fingerprint density at radius 1 is 1.16 bits per heavy atom. The summed E-state index contributed by atoms with van der Waals surface area (Å²) < 4.78 is 10.9. The summed E-state index contributed by atoms with van der Waals surface area (Å²) in [4.78, 5) is 11.8. The minimum atomic E-state index is 0. The topological polar surface area (TPSA) is 74.9 Å². The van der Waals surface area contributed by atoms with Gasteiger partial charge in [0, 0.05) is 63.9 Å². The molecule has 31 heavy (non-hydrogen) atoms. The Morgan fingerprint density at radius 2 is 2.06 bits per heavy atom. The molecule has 170 valence electrons. The molecule has 4 heterocycles. The van der Waals surface area contributed by atoms with Crippen molar-refractivity contribution in [1.82, 2.24) is 20.5 Å². The number of guanidine groups is 1. The molecule has 2 fully saturated rings. The number of ether oxygens (including phenoxy) is 1. The van der Waals surface area contributed by atoms with Crippen molar-refractivity contribution in [2.75, 3.05) is 39.4 Å². The van der Waals surface area contributed by atoms with Gasteiger partial charge in [-0.05, 0) is 43.5 Å². The number of hydrogen-bond acceptors (Lipinski definition) is 5. The van der Waals surface area contributed by atoms with Gasteiger partial charge in [-0.15, -0.1) is 24.0 Å². The zero-order chi connectivity index (χ0) is 20.4. The van der Waals surface area contributed by atoms with E-state index in [1.165, 1.54) is 0 Å². The minimum absolute atomic E-state index is 0. The summed E-state index contributed by atoms with van der Waals surface area (Å²) in [5.41, 5.74) is 1.14. The van der Waals surface area contributed by atoms with Crippen LogP contribution < -0.4 is 10.6 Å². The predicted molar refractivity (Wildman–Crippen MR) is 133 cm³/mol. The van der Waals surface area contributed by atoms with E-state index in [-0.39, 0.29) is 24.0 Å². The normalized spacial score (nSPS) is 20.4. The molecule has 2 aromatic rings. The lowest BCUT2D eigenvalue weighted by Gasteiger charge is -2.33. The Balaban J connectivity index is 0.00000272. The summed E-state index contributed by atoms with van der Waals surface area (Å²) >= 11 is 0. The number of furan rings is 1. The number of pyridine rings is 1. The molecule has 0 spiro atoms. The Labute approximate surface area is 202 Å². The second-order valence-corrected chi connectivity index (χ2v) is 8.19. The third kappa shape index (κ3) is 8.08. The molecule has 2 aliphatic heterocycles. The van der Waals surface area contributed by atoms with E-state index < -0.39 is 0 Å². The molecule has 0 aliphatic carbocycles. The van der Waals surface area contributed by atoms with Gasteiger partial charge in [-0.25, -0.2) is 0 Å². The molecule has 0 saturated carbocycles. The Bertz CT molecular complexity index is 758. The van der Waals surface area contributed by atoms with E-state index in [9.17, 15) is 0 Å². The maximum atomic E-state index is 5.50. The van der Waals surface area contributed by atoms with Gasteiger partial charge in [0.05, 0.1) is 18.6 Å². The van der Waals surface area contributed by atoms with E-state index >= 15 is 0 Å². The Morgan fingerprint density at radius 3 is 2.77 bits per heavy atom. The van der Waals surface area contributed by atoms with E-state index in [0.717, 1.165) is 89.0 Å². The molecule has 4 rings (SSSR count). The van der Waals surface area contributed by atoms with Crippen LogP contribution in [0, 0.1) is 5.92 Å². The summed E-state index contributed by atoms with van der Waals surface area (Å²) in [5.74, 6) is 2.44.